The molecule has 0 bridgehead atoms. The van der Waals surface area contributed by atoms with Gasteiger partial charge in [0, 0.05) is 0 Å². The van der Waals surface area contributed by atoms with Crippen LogP contribution in [0.4, 0.5) is 9.59 Å². The molecule has 1 heterocycles. The van der Waals surface area contributed by atoms with E-state index in [2.05, 4.69) is 10.7 Å². The van der Waals surface area contributed by atoms with Gasteiger partial charge in [0.25, 0.3) is 0 Å². The van der Waals surface area contributed by atoms with Crippen molar-refractivity contribution in [1.82, 2.24) is 15.8 Å². The highest BCUT2D eigenvalue weighted by Crippen LogP contribution is 2.17. The van der Waals surface area contributed by atoms with Crippen LogP contribution in [0.15, 0.2) is 0 Å². The van der Waals surface area contributed by atoms with Gasteiger partial charge < -0.3 is 14.8 Å². The molecule has 1 rings (SSSR count). The fourth-order valence-electron chi connectivity index (χ4n) is 1.80. The molecule has 1 aliphatic heterocycles. The molecule has 0 saturated carbocycles. The Labute approximate surface area is 130 Å². The number of amides is 3. The maximum Gasteiger partial charge on any atom is 0.430 e. The molecule has 1 fully saturated rings. The highest BCUT2D eigenvalue weighted by atomic mass is 16.6. The highest BCUT2D eigenvalue weighted by molar-refractivity contribution is 5.92. The smallest absolute Gasteiger partial charge is 0.430 e. The number of ether oxygens (including phenoxy) is 2. The third-order valence-corrected chi connectivity index (χ3v) is 2.59. The minimum atomic E-state index is -0.831. The minimum absolute atomic E-state index is 0.296. The number of hydrazine groups is 1. The van der Waals surface area contributed by atoms with E-state index in [0.717, 1.165) is 5.01 Å². The van der Waals surface area contributed by atoms with Gasteiger partial charge in [0.05, 0.1) is 6.04 Å². The van der Waals surface area contributed by atoms with Crippen LogP contribution in [0.5, 0.6) is 0 Å². The summed E-state index contributed by atoms with van der Waals surface area (Å²) in [5.74, 6) is -0.366. The topological polar surface area (TPSA) is 97.0 Å². The zero-order chi connectivity index (χ0) is 17.3. The van der Waals surface area contributed by atoms with E-state index in [0.29, 0.717) is 0 Å². The summed E-state index contributed by atoms with van der Waals surface area (Å²) in [6, 6.07) is -1.13. The Morgan fingerprint density at radius 2 is 1.59 bits per heavy atom. The number of rotatable bonds is 1. The largest absolute Gasteiger partial charge is 0.443 e. The third-order valence-electron chi connectivity index (χ3n) is 2.59. The summed E-state index contributed by atoms with van der Waals surface area (Å²) < 4.78 is 10.3. The van der Waals surface area contributed by atoms with Crippen molar-refractivity contribution in [2.45, 2.75) is 71.8 Å². The Balaban J connectivity index is 2.85. The first-order valence-electron chi connectivity index (χ1n) is 7.12. The fraction of sp³-hybridized carbons (Fsp3) is 0.786. The monoisotopic (exact) mass is 315 g/mol. The van der Waals surface area contributed by atoms with Crippen molar-refractivity contribution in [2.75, 3.05) is 0 Å². The van der Waals surface area contributed by atoms with Crippen molar-refractivity contribution in [1.29, 1.82) is 0 Å². The summed E-state index contributed by atoms with van der Waals surface area (Å²) in [6.45, 7) is 11.9. The number of carbonyl (C=O) groups is 3. The van der Waals surface area contributed by atoms with E-state index in [9.17, 15) is 14.4 Å². The summed E-state index contributed by atoms with van der Waals surface area (Å²) in [5, 5.41) is 3.47. The minimum Gasteiger partial charge on any atom is -0.443 e. The van der Waals surface area contributed by atoms with Crippen LogP contribution in [-0.4, -0.2) is 46.4 Å². The van der Waals surface area contributed by atoms with Gasteiger partial charge in [0.1, 0.15) is 11.2 Å². The second-order valence-corrected chi connectivity index (χ2v) is 7.21. The molecule has 2 atom stereocenters. The van der Waals surface area contributed by atoms with Crippen LogP contribution in [-0.2, 0) is 14.3 Å². The van der Waals surface area contributed by atoms with Gasteiger partial charge in [-0.25, -0.2) is 20.0 Å². The highest BCUT2D eigenvalue weighted by Gasteiger charge is 2.45. The molecule has 126 valence electrons. The van der Waals surface area contributed by atoms with E-state index in [1.54, 1.807) is 48.5 Å². The van der Waals surface area contributed by atoms with E-state index >= 15 is 0 Å². The van der Waals surface area contributed by atoms with Crippen molar-refractivity contribution in [3.63, 3.8) is 0 Å². The molecule has 0 spiro atoms. The van der Waals surface area contributed by atoms with Gasteiger partial charge in [0.15, 0.2) is 6.04 Å². The number of carbonyl (C=O) groups excluding carboxylic acids is 3. The maximum atomic E-state index is 12.2. The average molecular weight is 315 g/mol. The molecule has 0 aromatic heterocycles. The molecule has 22 heavy (non-hydrogen) atoms. The second kappa shape index (κ2) is 6.02. The molecule has 1 aliphatic rings. The summed E-state index contributed by atoms with van der Waals surface area (Å²) in [7, 11) is 0. The predicted octanol–water partition coefficient (Wildman–Crippen LogP) is 1.55. The molecule has 2 unspecified atom stereocenters. The van der Waals surface area contributed by atoms with Crippen LogP contribution in [0.3, 0.4) is 0 Å². The Bertz CT molecular complexity index is 464. The Morgan fingerprint density at radius 1 is 1.09 bits per heavy atom. The molecule has 0 aromatic rings. The predicted molar refractivity (Wildman–Crippen MR) is 78.8 cm³/mol. The number of hydrogen-bond acceptors (Lipinski definition) is 5. The average Bonchev–Trinajstić information content (AvgIpc) is 2.22. The number of β-lactam (4-membered cyclic amide) rings is 1. The molecule has 2 N–H and O–H groups in total. The van der Waals surface area contributed by atoms with Crippen LogP contribution in [0, 0.1) is 0 Å². The van der Waals surface area contributed by atoms with Crippen molar-refractivity contribution >= 4 is 18.1 Å². The summed E-state index contributed by atoms with van der Waals surface area (Å²) in [4.78, 5) is 35.8. The standard InChI is InChI=1S/C14H25N3O5/c1-8-9(10(18)15-8)17(12(20)22-14(5,6)7)16-11(19)21-13(2,3)4/h8-9H,1-7H3,(H,15,18)(H,16,19). The zero-order valence-corrected chi connectivity index (χ0v) is 14.1. The first-order valence-corrected chi connectivity index (χ1v) is 7.12. The van der Waals surface area contributed by atoms with Crippen molar-refractivity contribution < 1.29 is 23.9 Å². The van der Waals surface area contributed by atoms with Crippen LogP contribution in [0.25, 0.3) is 0 Å². The van der Waals surface area contributed by atoms with E-state index < -0.39 is 29.4 Å². The third kappa shape index (κ3) is 5.09. The Morgan fingerprint density at radius 3 is 1.95 bits per heavy atom. The molecular formula is C14H25N3O5. The lowest BCUT2D eigenvalue weighted by atomic mass is 10.0. The number of hydrogen-bond donors (Lipinski definition) is 2. The zero-order valence-electron chi connectivity index (χ0n) is 14.1. The first kappa shape index (κ1) is 18.1. The van der Waals surface area contributed by atoms with E-state index in [1.165, 1.54) is 0 Å². The molecule has 8 heteroatoms. The van der Waals surface area contributed by atoms with Crippen molar-refractivity contribution in [3.8, 4) is 0 Å². The molecule has 0 aliphatic carbocycles. The molecule has 0 aromatic carbocycles. The summed E-state index contributed by atoms with van der Waals surface area (Å²) >= 11 is 0. The van der Waals surface area contributed by atoms with E-state index in [-0.39, 0.29) is 11.9 Å². The molecule has 3 amide bonds. The van der Waals surface area contributed by atoms with Gasteiger partial charge >= 0.3 is 12.2 Å². The van der Waals surface area contributed by atoms with Crippen LogP contribution >= 0.6 is 0 Å². The Kier molecular flexibility index (Phi) is 4.94. The maximum absolute atomic E-state index is 12.2. The lowest BCUT2D eigenvalue weighted by Crippen LogP contribution is -2.72. The number of nitrogens with zero attached hydrogens (tertiary/aromatic N) is 1. The normalized spacial score (nSPS) is 21.3. The van der Waals surface area contributed by atoms with Gasteiger partial charge in [-0.05, 0) is 48.5 Å². The summed E-state index contributed by atoms with van der Waals surface area (Å²) in [5.41, 5.74) is 0.815. The molecule has 8 nitrogen and oxygen atoms in total. The van der Waals surface area contributed by atoms with Crippen LogP contribution in [0.2, 0.25) is 0 Å². The quantitative estimate of drug-likeness (QED) is 0.565. The molecular weight excluding hydrogens is 290 g/mol. The van der Waals surface area contributed by atoms with Crippen LogP contribution in [0.1, 0.15) is 48.5 Å². The van der Waals surface area contributed by atoms with E-state index in [4.69, 9.17) is 9.47 Å². The second-order valence-electron chi connectivity index (χ2n) is 7.21. The molecule has 1 saturated heterocycles. The molecule has 0 radical (unpaired) electrons. The SMILES string of the molecule is CC1NC(=O)C1N(NC(=O)OC(C)(C)C)C(=O)OC(C)(C)C. The lowest BCUT2D eigenvalue weighted by molar-refractivity contribution is -0.138. The van der Waals surface area contributed by atoms with Crippen molar-refractivity contribution in [2.24, 2.45) is 0 Å². The lowest BCUT2D eigenvalue weighted by Gasteiger charge is -2.41. The first-order chi connectivity index (χ1) is 9.80. The fourth-order valence-corrected chi connectivity index (χ4v) is 1.80. The van der Waals surface area contributed by atoms with E-state index in [1.807, 2.05) is 0 Å². The van der Waals surface area contributed by atoms with Gasteiger partial charge in [-0.15, -0.1) is 0 Å². The number of nitrogens with one attached hydrogen (secondary N) is 2. The summed E-state index contributed by atoms with van der Waals surface area (Å²) in [6.07, 6.45) is -1.64. The Hall–Kier alpha value is -1.99. The van der Waals surface area contributed by atoms with Gasteiger partial charge in [-0.3, -0.25) is 4.79 Å². The van der Waals surface area contributed by atoms with Gasteiger partial charge in [-0.2, -0.15) is 0 Å². The van der Waals surface area contributed by atoms with Crippen LogP contribution < -0.4 is 10.7 Å². The van der Waals surface area contributed by atoms with Gasteiger partial charge in [-0.1, -0.05) is 0 Å². The van der Waals surface area contributed by atoms with Crippen molar-refractivity contribution in [3.05, 3.63) is 0 Å². The van der Waals surface area contributed by atoms with Gasteiger partial charge in [0.2, 0.25) is 5.91 Å².